The van der Waals surface area contributed by atoms with Gasteiger partial charge < -0.3 is 10.1 Å². The Morgan fingerprint density at radius 3 is 2.71 bits per heavy atom. The molecular weight excluding hydrogens is 304 g/mol. The number of nitrogens with one attached hydrogen (secondary N) is 1. The Hall–Kier alpha value is -1.40. The van der Waals surface area contributed by atoms with Crippen LogP contribution in [0.25, 0.3) is 0 Å². The SMILES string of the molecule is CC(C)NC(=O)C1CCC2(CCN(Cc3cnn(C)c3)CC2)CO1. The van der Waals surface area contributed by atoms with Gasteiger partial charge in [0.1, 0.15) is 6.10 Å². The number of piperidine rings is 1. The van der Waals surface area contributed by atoms with Crippen molar-refractivity contribution in [2.45, 2.75) is 58.2 Å². The molecule has 3 heterocycles. The van der Waals surface area contributed by atoms with Crippen LogP contribution in [0.4, 0.5) is 0 Å². The summed E-state index contributed by atoms with van der Waals surface area (Å²) >= 11 is 0. The lowest BCUT2D eigenvalue weighted by molar-refractivity contribution is -0.145. The molecule has 134 valence electrons. The number of carbonyl (C=O) groups is 1. The Labute approximate surface area is 144 Å². The van der Waals surface area contributed by atoms with Crippen LogP contribution in [0.1, 0.15) is 45.1 Å². The summed E-state index contributed by atoms with van der Waals surface area (Å²) in [6, 6.07) is 0.174. The van der Waals surface area contributed by atoms with Gasteiger partial charge in [-0.3, -0.25) is 14.4 Å². The van der Waals surface area contributed by atoms with E-state index in [1.54, 1.807) is 0 Å². The van der Waals surface area contributed by atoms with E-state index in [4.69, 9.17) is 4.74 Å². The molecule has 2 fully saturated rings. The smallest absolute Gasteiger partial charge is 0.249 e. The zero-order valence-electron chi connectivity index (χ0n) is 15.1. The van der Waals surface area contributed by atoms with E-state index in [1.807, 2.05) is 31.8 Å². The normalized spacial score (nSPS) is 24.4. The number of aryl methyl sites for hydroxylation is 1. The lowest BCUT2D eigenvalue weighted by Crippen LogP contribution is -2.49. The first kappa shape index (κ1) is 17.4. The van der Waals surface area contributed by atoms with Crippen LogP contribution in [0.5, 0.6) is 0 Å². The molecule has 2 aliphatic rings. The van der Waals surface area contributed by atoms with Crippen LogP contribution in [0.15, 0.2) is 12.4 Å². The first-order valence-electron chi connectivity index (χ1n) is 9.08. The monoisotopic (exact) mass is 334 g/mol. The Morgan fingerprint density at radius 1 is 1.42 bits per heavy atom. The summed E-state index contributed by atoms with van der Waals surface area (Å²) in [5, 5.41) is 7.20. The molecule has 0 aromatic carbocycles. The third-order valence-electron chi connectivity index (χ3n) is 5.33. The average molecular weight is 334 g/mol. The van der Waals surface area contributed by atoms with E-state index in [0.29, 0.717) is 0 Å². The number of hydrogen-bond acceptors (Lipinski definition) is 4. The second kappa shape index (κ2) is 7.23. The molecule has 6 nitrogen and oxygen atoms in total. The van der Waals surface area contributed by atoms with Gasteiger partial charge in [0.05, 0.1) is 12.8 Å². The van der Waals surface area contributed by atoms with Crippen LogP contribution in [0.2, 0.25) is 0 Å². The van der Waals surface area contributed by atoms with E-state index in [1.165, 1.54) is 5.56 Å². The predicted molar refractivity (Wildman–Crippen MR) is 92.4 cm³/mol. The summed E-state index contributed by atoms with van der Waals surface area (Å²) in [5.41, 5.74) is 1.55. The first-order valence-corrected chi connectivity index (χ1v) is 9.08. The number of aromatic nitrogens is 2. The zero-order chi connectivity index (χ0) is 17.2. The molecule has 1 spiro atoms. The number of carbonyl (C=O) groups excluding carboxylic acids is 1. The summed E-state index contributed by atoms with van der Waals surface area (Å²) in [5.74, 6) is 0.0499. The standard InChI is InChI=1S/C18H30N4O2/c1-14(2)20-17(23)16-4-5-18(13-24-16)6-8-22(9-7-18)12-15-10-19-21(3)11-15/h10-11,14,16H,4-9,12-13H2,1-3H3,(H,20,23). The molecule has 2 aliphatic heterocycles. The fourth-order valence-corrected chi connectivity index (χ4v) is 3.85. The average Bonchev–Trinajstić information content (AvgIpc) is 2.95. The van der Waals surface area contributed by atoms with Crippen LogP contribution in [-0.2, 0) is 23.1 Å². The summed E-state index contributed by atoms with van der Waals surface area (Å²) in [4.78, 5) is 14.6. The second-order valence-electron chi connectivity index (χ2n) is 7.80. The highest BCUT2D eigenvalue weighted by Gasteiger charge is 2.40. The van der Waals surface area contributed by atoms with Gasteiger partial charge in [0.15, 0.2) is 0 Å². The topological polar surface area (TPSA) is 59.4 Å². The van der Waals surface area contributed by atoms with Crippen molar-refractivity contribution in [1.82, 2.24) is 20.0 Å². The maximum atomic E-state index is 12.1. The van der Waals surface area contributed by atoms with E-state index in [-0.39, 0.29) is 23.5 Å². The quantitative estimate of drug-likeness (QED) is 0.911. The van der Waals surface area contributed by atoms with Crippen LogP contribution >= 0.6 is 0 Å². The number of likely N-dealkylation sites (tertiary alicyclic amines) is 1. The maximum Gasteiger partial charge on any atom is 0.249 e. The maximum absolute atomic E-state index is 12.1. The van der Waals surface area contributed by atoms with Crippen molar-refractivity contribution in [3.05, 3.63) is 18.0 Å². The third kappa shape index (κ3) is 4.16. The highest BCUT2D eigenvalue weighted by molar-refractivity contribution is 5.81. The van der Waals surface area contributed by atoms with Crippen molar-refractivity contribution in [3.8, 4) is 0 Å². The van der Waals surface area contributed by atoms with E-state index in [0.717, 1.165) is 51.9 Å². The molecule has 6 heteroatoms. The molecule has 0 bridgehead atoms. The third-order valence-corrected chi connectivity index (χ3v) is 5.33. The number of rotatable bonds is 4. The van der Waals surface area contributed by atoms with Gasteiger partial charge in [-0.25, -0.2) is 0 Å². The van der Waals surface area contributed by atoms with Crippen molar-refractivity contribution < 1.29 is 9.53 Å². The van der Waals surface area contributed by atoms with Gasteiger partial charge >= 0.3 is 0 Å². The minimum atomic E-state index is -0.258. The van der Waals surface area contributed by atoms with Gasteiger partial charge in [-0.1, -0.05) is 0 Å². The molecule has 1 unspecified atom stereocenters. The molecular formula is C18H30N4O2. The summed E-state index contributed by atoms with van der Waals surface area (Å²) in [7, 11) is 1.96. The molecule has 0 saturated carbocycles. The largest absolute Gasteiger partial charge is 0.368 e. The fraction of sp³-hybridized carbons (Fsp3) is 0.778. The molecule has 1 atom stereocenters. The molecule has 1 amide bonds. The summed E-state index contributed by atoms with van der Waals surface area (Å²) in [6.07, 6.45) is 8.05. The Balaban J connectivity index is 1.46. The van der Waals surface area contributed by atoms with Crippen molar-refractivity contribution in [2.24, 2.45) is 12.5 Å². The molecule has 1 N–H and O–H groups in total. The van der Waals surface area contributed by atoms with Crippen molar-refractivity contribution >= 4 is 5.91 Å². The second-order valence-corrected chi connectivity index (χ2v) is 7.80. The first-order chi connectivity index (χ1) is 11.5. The Morgan fingerprint density at radius 2 is 2.17 bits per heavy atom. The van der Waals surface area contributed by atoms with E-state index in [9.17, 15) is 4.79 Å². The number of ether oxygens (including phenoxy) is 1. The molecule has 1 aromatic rings. The fourth-order valence-electron chi connectivity index (χ4n) is 3.85. The number of hydrogen-bond donors (Lipinski definition) is 1. The van der Waals surface area contributed by atoms with Crippen LogP contribution in [-0.4, -0.2) is 52.4 Å². The van der Waals surface area contributed by atoms with Crippen molar-refractivity contribution in [1.29, 1.82) is 0 Å². The molecule has 1 aromatic heterocycles. The molecule has 0 radical (unpaired) electrons. The van der Waals surface area contributed by atoms with E-state index in [2.05, 4.69) is 21.5 Å². The molecule has 24 heavy (non-hydrogen) atoms. The minimum Gasteiger partial charge on any atom is -0.368 e. The lowest BCUT2D eigenvalue weighted by Gasteiger charge is -2.45. The van der Waals surface area contributed by atoms with Gasteiger partial charge in [0.2, 0.25) is 5.91 Å². The van der Waals surface area contributed by atoms with Gasteiger partial charge in [0.25, 0.3) is 0 Å². The zero-order valence-corrected chi connectivity index (χ0v) is 15.1. The molecule has 2 saturated heterocycles. The molecule has 0 aliphatic carbocycles. The van der Waals surface area contributed by atoms with Crippen LogP contribution < -0.4 is 5.32 Å². The molecule has 3 rings (SSSR count). The highest BCUT2D eigenvalue weighted by atomic mass is 16.5. The van der Waals surface area contributed by atoms with E-state index < -0.39 is 0 Å². The Kier molecular flexibility index (Phi) is 5.25. The summed E-state index contributed by atoms with van der Waals surface area (Å²) in [6.45, 7) is 7.87. The van der Waals surface area contributed by atoms with Gasteiger partial charge in [0, 0.05) is 31.4 Å². The van der Waals surface area contributed by atoms with E-state index >= 15 is 0 Å². The van der Waals surface area contributed by atoms with Crippen molar-refractivity contribution in [3.63, 3.8) is 0 Å². The highest BCUT2D eigenvalue weighted by Crippen LogP contribution is 2.40. The number of nitrogens with zero attached hydrogens (tertiary/aromatic N) is 3. The predicted octanol–water partition coefficient (Wildman–Crippen LogP) is 1.71. The Bertz CT molecular complexity index is 551. The van der Waals surface area contributed by atoms with Crippen molar-refractivity contribution in [2.75, 3.05) is 19.7 Å². The van der Waals surface area contributed by atoms with Gasteiger partial charge in [-0.2, -0.15) is 5.10 Å². The van der Waals surface area contributed by atoms with Gasteiger partial charge in [-0.05, 0) is 58.0 Å². The lowest BCUT2D eigenvalue weighted by atomic mass is 9.73. The minimum absolute atomic E-state index is 0.0499. The van der Waals surface area contributed by atoms with Crippen LogP contribution in [0, 0.1) is 5.41 Å². The van der Waals surface area contributed by atoms with Crippen LogP contribution in [0.3, 0.4) is 0 Å². The summed E-state index contributed by atoms with van der Waals surface area (Å²) < 4.78 is 7.81. The number of amides is 1. The van der Waals surface area contributed by atoms with Gasteiger partial charge in [-0.15, -0.1) is 0 Å².